The van der Waals surface area contributed by atoms with Gasteiger partial charge in [0.25, 0.3) is 5.91 Å². The van der Waals surface area contributed by atoms with Crippen LogP contribution in [0, 0.1) is 0 Å². The second-order valence-corrected chi connectivity index (χ2v) is 9.28. The Morgan fingerprint density at radius 1 is 1.07 bits per heavy atom. The molecule has 3 amide bonds. The minimum atomic E-state index is -0.554. The lowest BCUT2D eigenvalue weighted by Gasteiger charge is -2.31. The average Bonchev–Trinajstić information content (AvgIpc) is 3.37. The van der Waals surface area contributed by atoms with Gasteiger partial charge in [0.2, 0.25) is 11.8 Å². The van der Waals surface area contributed by atoms with Crippen molar-refractivity contribution in [3.63, 3.8) is 0 Å². The quantitative estimate of drug-likeness (QED) is 0.768. The van der Waals surface area contributed by atoms with Gasteiger partial charge in [-0.05, 0) is 77.9 Å². The number of nitrogens with one attached hydrogen (secondary N) is 1. The average molecular weight is 424 g/mol. The summed E-state index contributed by atoms with van der Waals surface area (Å²) < 4.78 is 0. The van der Waals surface area contributed by atoms with Gasteiger partial charge in [-0.15, -0.1) is 0 Å². The van der Waals surface area contributed by atoms with Crippen LogP contribution in [0.5, 0.6) is 0 Å². The minimum Gasteiger partial charge on any atom is -0.322 e. The van der Waals surface area contributed by atoms with E-state index in [1.54, 1.807) is 16.2 Å². The summed E-state index contributed by atoms with van der Waals surface area (Å²) in [5.74, 6) is -0.0542. The molecule has 4 heterocycles. The van der Waals surface area contributed by atoms with Crippen molar-refractivity contribution in [1.29, 1.82) is 0 Å². The number of likely N-dealkylation sites (tertiary alicyclic amines) is 1. The van der Waals surface area contributed by atoms with Gasteiger partial charge in [0.05, 0.1) is 0 Å². The van der Waals surface area contributed by atoms with Crippen LogP contribution in [0.3, 0.4) is 0 Å². The third kappa shape index (κ3) is 3.68. The van der Waals surface area contributed by atoms with Crippen molar-refractivity contribution in [2.24, 2.45) is 0 Å². The first-order valence-electron chi connectivity index (χ1n) is 10.6. The van der Waals surface area contributed by atoms with E-state index in [4.69, 9.17) is 0 Å². The van der Waals surface area contributed by atoms with E-state index in [-0.39, 0.29) is 24.1 Å². The number of carbonyl (C=O) groups excluding carboxylic acids is 3. The van der Waals surface area contributed by atoms with Gasteiger partial charge in [-0.25, -0.2) is 0 Å². The number of rotatable bonds is 4. The first-order chi connectivity index (χ1) is 14.6. The van der Waals surface area contributed by atoms with Crippen molar-refractivity contribution in [2.45, 2.75) is 50.7 Å². The van der Waals surface area contributed by atoms with Crippen LogP contribution in [0.1, 0.15) is 58.6 Å². The van der Waals surface area contributed by atoms with E-state index >= 15 is 0 Å². The zero-order valence-electron chi connectivity index (χ0n) is 16.8. The fourth-order valence-electron chi connectivity index (χ4n) is 4.92. The Bertz CT molecular complexity index is 980. The Balaban J connectivity index is 1.23. The predicted molar refractivity (Wildman–Crippen MR) is 114 cm³/mol. The summed E-state index contributed by atoms with van der Waals surface area (Å²) in [6, 6.07) is 7.75. The first kappa shape index (κ1) is 19.5. The SMILES string of the molecule is O=C1CCC(N2Cc3cc(CN4CCC(c5ccsc5)CC4)ccc3C2=O)C(=O)N1. The van der Waals surface area contributed by atoms with Gasteiger partial charge in [0, 0.05) is 25.1 Å². The molecule has 0 spiro atoms. The van der Waals surface area contributed by atoms with Crippen molar-refractivity contribution in [1.82, 2.24) is 15.1 Å². The number of hydrogen-bond acceptors (Lipinski definition) is 5. The number of nitrogens with zero attached hydrogens (tertiary/aromatic N) is 2. The number of carbonyl (C=O) groups is 3. The van der Waals surface area contributed by atoms with Crippen LogP contribution in [0.2, 0.25) is 0 Å². The molecule has 0 aliphatic carbocycles. The van der Waals surface area contributed by atoms with Gasteiger partial charge in [-0.3, -0.25) is 24.6 Å². The van der Waals surface area contributed by atoms with E-state index in [1.165, 1.54) is 24.0 Å². The Hall–Kier alpha value is -2.51. The highest BCUT2D eigenvalue weighted by molar-refractivity contribution is 7.08. The highest BCUT2D eigenvalue weighted by Gasteiger charge is 2.39. The molecule has 0 radical (unpaired) electrons. The van der Waals surface area contributed by atoms with E-state index in [2.05, 4.69) is 33.1 Å². The summed E-state index contributed by atoms with van der Waals surface area (Å²) >= 11 is 1.77. The molecular formula is C23H25N3O3S. The Labute approximate surface area is 179 Å². The highest BCUT2D eigenvalue weighted by atomic mass is 32.1. The molecule has 6 nitrogen and oxygen atoms in total. The summed E-state index contributed by atoms with van der Waals surface area (Å²) in [5.41, 5.74) is 4.35. The number of piperidine rings is 2. The number of thiophene rings is 1. The standard InChI is InChI=1S/C23H25N3O3S/c27-21-4-3-20(22(28)24-21)26-13-18-11-15(1-2-19(18)23(26)29)12-25-8-5-16(6-9-25)17-7-10-30-14-17/h1-2,7,10-11,14,16,20H,3-6,8-9,12-13H2,(H,24,27,28). The lowest BCUT2D eigenvalue weighted by Crippen LogP contribution is -2.52. The third-order valence-electron chi connectivity index (χ3n) is 6.60. The number of benzene rings is 1. The Kier molecular flexibility index (Phi) is 5.16. The van der Waals surface area contributed by atoms with E-state index in [0.717, 1.165) is 25.2 Å². The largest absolute Gasteiger partial charge is 0.322 e. The highest BCUT2D eigenvalue weighted by Crippen LogP contribution is 2.31. The maximum absolute atomic E-state index is 12.8. The van der Waals surface area contributed by atoms with Gasteiger partial charge >= 0.3 is 0 Å². The van der Waals surface area contributed by atoms with Crippen molar-refractivity contribution in [3.05, 3.63) is 57.3 Å². The lowest BCUT2D eigenvalue weighted by molar-refractivity contribution is -0.136. The van der Waals surface area contributed by atoms with Gasteiger partial charge in [-0.1, -0.05) is 12.1 Å². The topological polar surface area (TPSA) is 69.7 Å². The van der Waals surface area contributed by atoms with E-state index < -0.39 is 6.04 Å². The molecule has 1 aromatic carbocycles. The summed E-state index contributed by atoms with van der Waals surface area (Å²) in [6.07, 6.45) is 3.05. The molecular weight excluding hydrogens is 398 g/mol. The maximum Gasteiger partial charge on any atom is 0.255 e. The molecule has 0 bridgehead atoms. The van der Waals surface area contributed by atoms with Crippen LogP contribution in [-0.2, 0) is 22.7 Å². The molecule has 1 N–H and O–H groups in total. The van der Waals surface area contributed by atoms with Crippen LogP contribution in [0.25, 0.3) is 0 Å². The molecule has 1 unspecified atom stereocenters. The molecule has 2 aromatic rings. The predicted octanol–water partition coefficient (Wildman–Crippen LogP) is 2.89. The number of hydrogen-bond donors (Lipinski definition) is 1. The van der Waals surface area contributed by atoms with Gasteiger partial charge < -0.3 is 4.90 Å². The molecule has 5 rings (SSSR count). The van der Waals surface area contributed by atoms with Crippen LogP contribution >= 0.6 is 11.3 Å². The first-order valence-corrected chi connectivity index (χ1v) is 11.5. The minimum absolute atomic E-state index is 0.109. The summed E-state index contributed by atoms with van der Waals surface area (Å²) in [7, 11) is 0. The normalized spacial score (nSPS) is 23.0. The maximum atomic E-state index is 12.8. The van der Waals surface area contributed by atoms with E-state index in [1.807, 2.05) is 12.1 Å². The zero-order chi connectivity index (χ0) is 20.7. The number of fused-ring (bicyclic) bond motifs is 1. The molecule has 2 fully saturated rings. The fraction of sp³-hybridized carbons (Fsp3) is 0.435. The number of amides is 3. The lowest BCUT2D eigenvalue weighted by atomic mass is 9.91. The number of imide groups is 1. The van der Waals surface area contributed by atoms with Crippen molar-refractivity contribution >= 4 is 29.1 Å². The Morgan fingerprint density at radius 2 is 1.90 bits per heavy atom. The molecule has 3 aliphatic heterocycles. The van der Waals surface area contributed by atoms with Crippen LogP contribution in [-0.4, -0.2) is 46.7 Å². The smallest absolute Gasteiger partial charge is 0.255 e. The molecule has 1 aromatic heterocycles. The molecule has 0 saturated carbocycles. The van der Waals surface area contributed by atoms with Crippen LogP contribution < -0.4 is 5.32 Å². The molecule has 1 atom stereocenters. The molecule has 30 heavy (non-hydrogen) atoms. The zero-order valence-corrected chi connectivity index (χ0v) is 17.6. The van der Waals surface area contributed by atoms with Crippen LogP contribution in [0.15, 0.2) is 35.0 Å². The van der Waals surface area contributed by atoms with Gasteiger partial charge in [0.15, 0.2) is 0 Å². The Morgan fingerprint density at radius 3 is 2.63 bits per heavy atom. The second kappa shape index (κ2) is 7.96. The van der Waals surface area contributed by atoms with Crippen molar-refractivity contribution in [3.8, 4) is 0 Å². The summed E-state index contributed by atoms with van der Waals surface area (Å²) in [4.78, 5) is 40.5. The summed E-state index contributed by atoms with van der Waals surface area (Å²) in [6.45, 7) is 3.49. The van der Waals surface area contributed by atoms with Crippen LogP contribution in [0.4, 0.5) is 0 Å². The van der Waals surface area contributed by atoms with Gasteiger partial charge in [0.1, 0.15) is 6.04 Å². The molecule has 2 saturated heterocycles. The van der Waals surface area contributed by atoms with Gasteiger partial charge in [-0.2, -0.15) is 11.3 Å². The monoisotopic (exact) mass is 423 g/mol. The summed E-state index contributed by atoms with van der Waals surface area (Å²) in [5, 5.41) is 6.78. The van der Waals surface area contributed by atoms with Crippen molar-refractivity contribution < 1.29 is 14.4 Å². The second-order valence-electron chi connectivity index (χ2n) is 8.50. The fourth-order valence-corrected chi connectivity index (χ4v) is 5.66. The molecule has 3 aliphatic rings. The van der Waals surface area contributed by atoms with E-state index in [0.29, 0.717) is 24.4 Å². The third-order valence-corrected chi connectivity index (χ3v) is 7.30. The molecule has 7 heteroatoms. The van der Waals surface area contributed by atoms with Crippen molar-refractivity contribution in [2.75, 3.05) is 13.1 Å². The molecule has 156 valence electrons. The van der Waals surface area contributed by atoms with E-state index in [9.17, 15) is 14.4 Å².